The number of aromatic nitrogens is 2. The van der Waals surface area contributed by atoms with Gasteiger partial charge in [-0.15, -0.1) is 0 Å². The van der Waals surface area contributed by atoms with Crippen molar-refractivity contribution in [2.45, 2.75) is 44.6 Å². The summed E-state index contributed by atoms with van der Waals surface area (Å²) in [4.78, 5) is 4.76. The summed E-state index contributed by atoms with van der Waals surface area (Å²) in [6, 6.07) is 7.83. The van der Waals surface area contributed by atoms with Crippen molar-refractivity contribution in [2.24, 2.45) is 7.05 Å². The molecule has 0 amide bonds. The molecule has 3 heterocycles. The number of hydrogen-bond donors (Lipinski definition) is 0. The Balaban J connectivity index is 1.68. The largest absolute Gasteiger partial charge is 0.330 e. The maximum absolute atomic E-state index is 13.3. The zero-order valence-electron chi connectivity index (χ0n) is 14.8. The number of nitrogens with zero attached hydrogens (tertiary/aromatic N) is 4. The van der Waals surface area contributed by atoms with Crippen LogP contribution in [0.3, 0.4) is 0 Å². The third kappa shape index (κ3) is 2.98. The maximum Gasteiger partial charge on any atom is 0.282 e. The minimum atomic E-state index is -3.42. The molecule has 0 radical (unpaired) electrons. The third-order valence-electron chi connectivity index (χ3n) is 5.51. The van der Waals surface area contributed by atoms with E-state index in [1.165, 1.54) is 0 Å². The summed E-state index contributed by atoms with van der Waals surface area (Å²) in [5, 5.41) is 0. The number of para-hydroxylation sites is 2. The van der Waals surface area contributed by atoms with Crippen molar-refractivity contribution in [3.05, 3.63) is 30.1 Å². The molecule has 0 spiro atoms. The first-order chi connectivity index (χ1) is 12.1. The normalized spacial score (nSPS) is 24.0. The average molecular weight is 362 g/mol. The molecule has 2 aliphatic rings. The van der Waals surface area contributed by atoms with Gasteiger partial charge in [0.05, 0.1) is 17.1 Å². The van der Waals surface area contributed by atoms with Crippen LogP contribution in [0.25, 0.3) is 11.0 Å². The lowest BCUT2D eigenvalue weighted by Gasteiger charge is -2.30. The van der Waals surface area contributed by atoms with Gasteiger partial charge in [-0.25, -0.2) is 4.98 Å². The molecule has 0 unspecified atom stereocenters. The number of aryl methyl sites for hydroxylation is 1. The summed E-state index contributed by atoms with van der Waals surface area (Å²) in [5.41, 5.74) is 1.98. The van der Waals surface area contributed by atoms with Crippen LogP contribution in [-0.4, -0.2) is 46.2 Å². The molecule has 4 rings (SSSR count). The van der Waals surface area contributed by atoms with Crippen LogP contribution < -0.4 is 0 Å². The van der Waals surface area contributed by atoms with Crippen LogP contribution in [0.15, 0.2) is 24.3 Å². The van der Waals surface area contributed by atoms with Gasteiger partial charge in [0.15, 0.2) is 0 Å². The third-order valence-corrected chi connectivity index (χ3v) is 7.56. The molecule has 7 heteroatoms. The Morgan fingerprint density at radius 1 is 1.00 bits per heavy atom. The topological polar surface area (TPSA) is 58.4 Å². The molecule has 25 heavy (non-hydrogen) atoms. The fourth-order valence-electron chi connectivity index (χ4n) is 4.16. The molecule has 2 aromatic rings. The van der Waals surface area contributed by atoms with Crippen LogP contribution in [0.5, 0.6) is 0 Å². The molecule has 2 saturated heterocycles. The van der Waals surface area contributed by atoms with Crippen LogP contribution in [0, 0.1) is 0 Å². The van der Waals surface area contributed by atoms with E-state index in [9.17, 15) is 8.42 Å². The zero-order chi connectivity index (χ0) is 17.4. The Kier molecular flexibility index (Phi) is 4.56. The van der Waals surface area contributed by atoms with Gasteiger partial charge in [0.1, 0.15) is 5.82 Å². The predicted octanol–water partition coefficient (Wildman–Crippen LogP) is 2.83. The van der Waals surface area contributed by atoms with E-state index in [1.807, 2.05) is 31.3 Å². The minimum Gasteiger partial charge on any atom is -0.330 e. The van der Waals surface area contributed by atoms with Crippen molar-refractivity contribution in [1.82, 2.24) is 18.2 Å². The van der Waals surface area contributed by atoms with E-state index in [4.69, 9.17) is 4.98 Å². The highest BCUT2D eigenvalue weighted by Gasteiger charge is 2.40. The molecular formula is C18H26N4O2S. The van der Waals surface area contributed by atoms with Crippen molar-refractivity contribution in [3.63, 3.8) is 0 Å². The number of fused-ring (bicyclic) bond motifs is 1. The van der Waals surface area contributed by atoms with Gasteiger partial charge >= 0.3 is 0 Å². The summed E-state index contributed by atoms with van der Waals surface area (Å²) in [5.74, 6) is 0.858. The number of rotatable bonds is 3. The quantitative estimate of drug-likeness (QED) is 0.844. The lowest BCUT2D eigenvalue weighted by molar-refractivity contribution is 0.322. The smallest absolute Gasteiger partial charge is 0.282 e. The van der Waals surface area contributed by atoms with Gasteiger partial charge in [-0.2, -0.15) is 17.0 Å². The summed E-state index contributed by atoms with van der Waals surface area (Å²) >= 11 is 0. The molecule has 2 fully saturated rings. The SMILES string of the molecule is Cn1c([C@H]2CCCN2S(=O)(=O)N2CCCCCC2)nc2ccccc21. The van der Waals surface area contributed by atoms with Crippen LogP contribution in [0.1, 0.15) is 50.4 Å². The number of imidazole rings is 1. The second kappa shape index (κ2) is 6.70. The molecule has 6 nitrogen and oxygen atoms in total. The number of hydrogen-bond acceptors (Lipinski definition) is 3. The molecule has 0 bridgehead atoms. The van der Waals surface area contributed by atoms with Crippen LogP contribution in [0.2, 0.25) is 0 Å². The van der Waals surface area contributed by atoms with Gasteiger partial charge < -0.3 is 4.57 Å². The molecular weight excluding hydrogens is 336 g/mol. The second-order valence-corrected chi connectivity index (χ2v) is 8.99. The van der Waals surface area contributed by atoms with E-state index >= 15 is 0 Å². The monoisotopic (exact) mass is 362 g/mol. The first kappa shape index (κ1) is 17.0. The van der Waals surface area contributed by atoms with Crippen molar-refractivity contribution in [2.75, 3.05) is 19.6 Å². The van der Waals surface area contributed by atoms with Gasteiger partial charge in [0.25, 0.3) is 10.2 Å². The highest BCUT2D eigenvalue weighted by atomic mass is 32.2. The Hall–Kier alpha value is -1.44. The first-order valence-electron chi connectivity index (χ1n) is 9.27. The van der Waals surface area contributed by atoms with Gasteiger partial charge in [-0.1, -0.05) is 25.0 Å². The molecule has 1 aromatic carbocycles. The Bertz CT molecular complexity index is 853. The maximum atomic E-state index is 13.3. The average Bonchev–Trinajstić information content (AvgIpc) is 3.11. The fourth-order valence-corrected chi connectivity index (χ4v) is 6.05. The van der Waals surface area contributed by atoms with E-state index in [0.29, 0.717) is 19.6 Å². The Labute approximate surface area is 149 Å². The molecule has 0 saturated carbocycles. The molecule has 1 atom stereocenters. The van der Waals surface area contributed by atoms with Crippen molar-refractivity contribution in [3.8, 4) is 0 Å². The van der Waals surface area contributed by atoms with Crippen LogP contribution in [-0.2, 0) is 17.3 Å². The fraction of sp³-hybridized carbons (Fsp3) is 0.611. The summed E-state index contributed by atoms with van der Waals surface area (Å²) < 4.78 is 32.0. The molecule has 0 N–H and O–H groups in total. The highest BCUT2D eigenvalue weighted by Crippen LogP contribution is 2.36. The Morgan fingerprint density at radius 3 is 2.44 bits per heavy atom. The molecule has 1 aromatic heterocycles. The van der Waals surface area contributed by atoms with Gasteiger partial charge in [0.2, 0.25) is 0 Å². The highest BCUT2D eigenvalue weighted by molar-refractivity contribution is 7.86. The lowest BCUT2D eigenvalue weighted by Crippen LogP contribution is -2.44. The van der Waals surface area contributed by atoms with E-state index in [2.05, 4.69) is 4.57 Å². The number of benzene rings is 1. The first-order valence-corrected chi connectivity index (χ1v) is 10.7. The standard InChI is InChI=1S/C18H26N4O2S/c1-20-16-10-5-4-9-15(16)19-18(20)17-11-8-14-22(17)25(23,24)21-12-6-2-3-7-13-21/h4-5,9-10,17H,2-3,6-8,11-14H2,1H3/t17-/m1/s1. The summed E-state index contributed by atoms with van der Waals surface area (Å²) in [6.45, 7) is 1.88. The van der Waals surface area contributed by atoms with Crippen molar-refractivity contribution in [1.29, 1.82) is 0 Å². The summed E-state index contributed by atoms with van der Waals surface area (Å²) in [6.07, 6.45) is 5.90. The van der Waals surface area contributed by atoms with Gasteiger partial charge in [-0.05, 0) is 37.8 Å². The van der Waals surface area contributed by atoms with E-state index in [0.717, 1.165) is 55.4 Å². The van der Waals surface area contributed by atoms with E-state index < -0.39 is 10.2 Å². The summed E-state index contributed by atoms with van der Waals surface area (Å²) in [7, 11) is -1.44. The zero-order valence-corrected chi connectivity index (χ0v) is 15.6. The van der Waals surface area contributed by atoms with Crippen LogP contribution in [0.4, 0.5) is 0 Å². The predicted molar refractivity (Wildman–Crippen MR) is 98.4 cm³/mol. The van der Waals surface area contributed by atoms with Gasteiger partial charge in [-0.3, -0.25) is 0 Å². The van der Waals surface area contributed by atoms with Crippen molar-refractivity contribution < 1.29 is 8.42 Å². The van der Waals surface area contributed by atoms with Crippen LogP contribution >= 0.6 is 0 Å². The molecule has 0 aliphatic carbocycles. The second-order valence-electron chi connectivity index (χ2n) is 7.11. The van der Waals surface area contributed by atoms with Gasteiger partial charge in [0, 0.05) is 26.7 Å². The minimum absolute atomic E-state index is 0.161. The Morgan fingerprint density at radius 2 is 1.72 bits per heavy atom. The molecule has 136 valence electrons. The molecule has 2 aliphatic heterocycles. The lowest BCUT2D eigenvalue weighted by atomic mass is 10.2. The van der Waals surface area contributed by atoms with E-state index in [1.54, 1.807) is 8.61 Å². The van der Waals surface area contributed by atoms with Crippen molar-refractivity contribution >= 4 is 21.2 Å². The van der Waals surface area contributed by atoms with E-state index in [-0.39, 0.29) is 6.04 Å².